The van der Waals surface area contributed by atoms with Crippen molar-refractivity contribution in [2.45, 2.75) is 19.4 Å². The number of halogens is 1. The summed E-state index contributed by atoms with van der Waals surface area (Å²) in [4.78, 5) is 15.0. The number of benzene rings is 1. The summed E-state index contributed by atoms with van der Waals surface area (Å²) in [7, 11) is 0. The Kier molecular flexibility index (Phi) is 3.99. The number of carbonyl (C=O) groups is 1. The van der Waals surface area contributed by atoms with Gasteiger partial charge in [0.15, 0.2) is 5.82 Å². The van der Waals surface area contributed by atoms with Crippen LogP contribution in [-0.2, 0) is 13.0 Å². The highest BCUT2D eigenvalue weighted by Crippen LogP contribution is 2.11. The molecule has 1 aromatic carbocycles. The SMILES string of the molecule is NC(=O)c1nccn1CCCc1ccc(Cl)cc1. The van der Waals surface area contributed by atoms with E-state index in [2.05, 4.69) is 4.98 Å². The zero-order chi connectivity index (χ0) is 13.0. The first kappa shape index (κ1) is 12.6. The van der Waals surface area contributed by atoms with E-state index in [-0.39, 0.29) is 0 Å². The van der Waals surface area contributed by atoms with Crippen molar-refractivity contribution in [3.8, 4) is 0 Å². The molecule has 2 aromatic rings. The highest BCUT2D eigenvalue weighted by molar-refractivity contribution is 6.30. The van der Waals surface area contributed by atoms with Crippen LogP contribution in [0.2, 0.25) is 5.02 Å². The fraction of sp³-hybridized carbons (Fsp3) is 0.231. The summed E-state index contributed by atoms with van der Waals surface area (Å²) >= 11 is 5.82. The van der Waals surface area contributed by atoms with Crippen LogP contribution in [0.1, 0.15) is 22.6 Å². The number of rotatable bonds is 5. The normalized spacial score (nSPS) is 10.5. The molecule has 2 N–H and O–H groups in total. The summed E-state index contributed by atoms with van der Waals surface area (Å²) in [6, 6.07) is 7.77. The molecule has 0 aliphatic heterocycles. The number of aromatic nitrogens is 2. The van der Waals surface area contributed by atoms with Crippen LogP contribution in [-0.4, -0.2) is 15.5 Å². The predicted molar refractivity (Wildman–Crippen MR) is 70.5 cm³/mol. The minimum Gasteiger partial charge on any atom is -0.363 e. The third-order valence-electron chi connectivity index (χ3n) is 2.71. The van der Waals surface area contributed by atoms with E-state index in [1.807, 2.05) is 24.3 Å². The fourth-order valence-corrected chi connectivity index (χ4v) is 1.95. The van der Waals surface area contributed by atoms with Crippen LogP contribution in [0.5, 0.6) is 0 Å². The van der Waals surface area contributed by atoms with Crippen LogP contribution in [0.25, 0.3) is 0 Å². The van der Waals surface area contributed by atoms with Crippen LogP contribution < -0.4 is 5.73 Å². The van der Waals surface area contributed by atoms with Gasteiger partial charge in [0, 0.05) is 24.0 Å². The predicted octanol–water partition coefficient (Wildman–Crippen LogP) is 2.27. The Labute approximate surface area is 110 Å². The number of nitrogens with two attached hydrogens (primary N) is 1. The Balaban J connectivity index is 1.90. The number of primary amides is 1. The van der Waals surface area contributed by atoms with Gasteiger partial charge in [-0.05, 0) is 30.5 Å². The Morgan fingerprint density at radius 3 is 2.72 bits per heavy atom. The summed E-state index contributed by atoms with van der Waals surface area (Å²) in [6.45, 7) is 0.723. The maximum absolute atomic E-state index is 11.1. The third-order valence-corrected chi connectivity index (χ3v) is 2.97. The standard InChI is InChI=1S/C13H14ClN3O/c14-11-5-3-10(4-6-11)2-1-8-17-9-7-16-13(17)12(15)18/h3-7,9H,1-2,8H2,(H2,15,18). The molecule has 0 atom stereocenters. The number of imidazole rings is 1. The van der Waals surface area contributed by atoms with E-state index in [9.17, 15) is 4.79 Å². The first-order valence-corrected chi connectivity index (χ1v) is 6.10. The number of carbonyl (C=O) groups excluding carboxylic acids is 1. The lowest BCUT2D eigenvalue weighted by Gasteiger charge is -2.05. The van der Waals surface area contributed by atoms with Gasteiger partial charge >= 0.3 is 0 Å². The zero-order valence-electron chi connectivity index (χ0n) is 9.84. The van der Waals surface area contributed by atoms with E-state index in [1.54, 1.807) is 17.0 Å². The molecule has 0 aliphatic rings. The van der Waals surface area contributed by atoms with Crippen molar-refractivity contribution in [3.05, 3.63) is 53.1 Å². The molecule has 0 saturated carbocycles. The van der Waals surface area contributed by atoms with Crippen LogP contribution in [0, 0.1) is 0 Å². The first-order chi connectivity index (χ1) is 8.66. The molecule has 4 nitrogen and oxygen atoms in total. The molecule has 0 fully saturated rings. The summed E-state index contributed by atoms with van der Waals surface area (Å²) in [6.07, 6.45) is 5.19. The molecule has 2 rings (SSSR count). The number of amides is 1. The lowest BCUT2D eigenvalue weighted by molar-refractivity contribution is 0.0986. The van der Waals surface area contributed by atoms with Gasteiger partial charge in [-0.25, -0.2) is 4.98 Å². The van der Waals surface area contributed by atoms with Gasteiger partial charge in [-0.3, -0.25) is 4.79 Å². The Bertz CT molecular complexity index is 533. The third kappa shape index (κ3) is 3.11. The summed E-state index contributed by atoms with van der Waals surface area (Å²) in [5.74, 6) is -0.183. The minimum absolute atomic E-state index is 0.311. The molecule has 94 valence electrons. The number of aryl methyl sites for hydroxylation is 2. The second-order valence-corrected chi connectivity index (χ2v) is 4.47. The van der Waals surface area contributed by atoms with E-state index in [1.165, 1.54) is 5.56 Å². The first-order valence-electron chi connectivity index (χ1n) is 5.72. The Morgan fingerprint density at radius 1 is 1.33 bits per heavy atom. The molecule has 0 saturated heterocycles. The molecule has 1 amide bonds. The number of nitrogens with zero attached hydrogens (tertiary/aromatic N) is 2. The van der Waals surface area contributed by atoms with Gasteiger partial charge in [0.05, 0.1) is 0 Å². The average Bonchev–Trinajstić information content (AvgIpc) is 2.80. The van der Waals surface area contributed by atoms with E-state index in [0.29, 0.717) is 5.82 Å². The van der Waals surface area contributed by atoms with E-state index >= 15 is 0 Å². The van der Waals surface area contributed by atoms with Gasteiger partial charge in [-0.2, -0.15) is 0 Å². The van der Waals surface area contributed by atoms with E-state index in [0.717, 1.165) is 24.4 Å². The van der Waals surface area contributed by atoms with Crippen molar-refractivity contribution in [2.75, 3.05) is 0 Å². The maximum atomic E-state index is 11.1. The van der Waals surface area contributed by atoms with Crippen molar-refractivity contribution in [1.82, 2.24) is 9.55 Å². The van der Waals surface area contributed by atoms with Gasteiger partial charge in [0.2, 0.25) is 0 Å². The van der Waals surface area contributed by atoms with Crippen molar-refractivity contribution >= 4 is 17.5 Å². The molecule has 0 unspecified atom stereocenters. The van der Waals surface area contributed by atoms with Crippen LogP contribution in [0.3, 0.4) is 0 Å². The minimum atomic E-state index is -0.494. The summed E-state index contributed by atoms with van der Waals surface area (Å²) < 4.78 is 1.78. The van der Waals surface area contributed by atoms with Crippen LogP contribution in [0.4, 0.5) is 0 Å². The van der Waals surface area contributed by atoms with Crippen molar-refractivity contribution < 1.29 is 4.79 Å². The van der Waals surface area contributed by atoms with Gasteiger partial charge in [0.25, 0.3) is 5.91 Å². The smallest absolute Gasteiger partial charge is 0.284 e. The molecule has 0 radical (unpaired) electrons. The number of hydrogen-bond acceptors (Lipinski definition) is 2. The van der Waals surface area contributed by atoms with Crippen molar-refractivity contribution in [1.29, 1.82) is 0 Å². The molecular weight excluding hydrogens is 250 g/mol. The largest absolute Gasteiger partial charge is 0.363 e. The monoisotopic (exact) mass is 263 g/mol. The van der Waals surface area contributed by atoms with Gasteiger partial charge < -0.3 is 10.3 Å². The lowest BCUT2D eigenvalue weighted by atomic mass is 10.1. The van der Waals surface area contributed by atoms with Crippen LogP contribution in [0.15, 0.2) is 36.7 Å². The van der Waals surface area contributed by atoms with Gasteiger partial charge in [-0.15, -0.1) is 0 Å². The topological polar surface area (TPSA) is 60.9 Å². The van der Waals surface area contributed by atoms with Crippen LogP contribution >= 0.6 is 11.6 Å². The molecule has 0 spiro atoms. The van der Waals surface area contributed by atoms with Gasteiger partial charge in [-0.1, -0.05) is 23.7 Å². The number of hydrogen-bond donors (Lipinski definition) is 1. The van der Waals surface area contributed by atoms with Gasteiger partial charge in [0.1, 0.15) is 0 Å². The molecule has 5 heteroatoms. The molecule has 1 heterocycles. The van der Waals surface area contributed by atoms with Crippen molar-refractivity contribution in [2.24, 2.45) is 5.73 Å². The second-order valence-electron chi connectivity index (χ2n) is 4.04. The van der Waals surface area contributed by atoms with Crippen molar-refractivity contribution in [3.63, 3.8) is 0 Å². The molecule has 0 aliphatic carbocycles. The molecule has 0 bridgehead atoms. The lowest BCUT2D eigenvalue weighted by Crippen LogP contribution is -2.18. The van der Waals surface area contributed by atoms with E-state index in [4.69, 9.17) is 17.3 Å². The second kappa shape index (κ2) is 5.69. The highest BCUT2D eigenvalue weighted by atomic mass is 35.5. The molecule has 18 heavy (non-hydrogen) atoms. The Morgan fingerprint density at radius 2 is 2.06 bits per heavy atom. The molecule has 1 aromatic heterocycles. The maximum Gasteiger partial charge on any atom is 0.284 e. The fourth-order valence-electron chi connectivity index (χ4n) is 1.82. The summed E-state index contributed by atoms with van der Waals surface area (Å²) in [5.41, 5.74) is 6.44. The quantitative estimate of drug-likeness (QED) is 0.900. The molecular formula is C13H14ClN3O. The zero-order valence-corrected chi connectivity index (χ0v) is 10.6. The average molecular weight is 264 g/mol. The Hall–Kier alpha value is -1.81. The van der Waals surface area contributed by atoms with E-state index < -0.39 is 5.91 Å². The summed E-state index contributed by atoms with van der Waals surface area (Å²) in [5, 5.41) is 0.740. The highest BCUT2D eigenvalue weighted by Gasteiger charge is 2.07.